The highest BCUT2D eigenvalue weighted by Crippen LogP contribution is 2.33. The molecule has 0 atom stereocenters. The van der Waals surface area contributed by atoms with Crippen LogP contribution in [0.25, 0.3) is 0 Å². The van der Waals surface area contributed by atoms with E-state index in [1.807, 2.05) is 0 Å². The molecule has 10 heavy (non-hydrogen) atoms. The van der Waals surface area contributed by atoms with Gasteiger partial charge in [-0.25, -0.2) is 0 Å². The normalized spacial score (nSPS) is 25.8. The number of hydrogen-bond acceptors (Lipinski definition) is 1. The van der Waals surface area contributed by atoms with E-state index in [-0.39, 0.29) is 5.41 Å². The zero-order valence-electron chi connectivity index (χ0n) is 6.90. The molecule has 1 nitrogen and oxygen atoms in total. The minimum atomic E-state index is 0.260. The molecule has 1 fully saturated rings. The van der Waals surface area contributed by atoms with E-state index in [4.69, 9.17) is 5.11 Å². The summed E-state index contributed by atoms with van der Waals surface area (Å²) in [6.45, 7) is 2.59. The molecule has 0 aromatic heterocycles. The summed E-state index contributed by atoms with van der Waals surface area (Å²) >= 11 is 0. The molecule has 1 aliphatic rings. The van der Waals surface area contributed by atoms with Crippen molar-refractivity contribution in [1.29, 1.82) is 0 Å². The molecule has 0 unspecified atom stereocenters. The zero-order valence-corrected chi connectivity index (χ0v) is 6.90. The van der Waals surface area contributed by atoms with Crippen LogP contribution in [0.3, 0.4) is 0 Å². The highest BCUT2D eigenvalue weighted by Gasteiger charge is 2.23. The highest BCUT2D eigenvalue weighted by atomic mass is 16.3. The smallest absolute Gasteiger partial charge is 0.0484 e. The van der Waals surface area contributed by atoms with Crippen LogP contribution >= 0.6 is 0 Å². The van der Waals surface area contributed by atoms with Crippen LogP contribution in [-0.2, 0) is 0 Å². The van der Waals surface area contributed by atoms with Crippen LogP contribution in [0.15, 0.2) is 0 Å². The predicted molar refractivity (Wildman–Crippen MR) is 42.9 cm³/mol. The molecule has 1 saturated carbocycles. The van der Waals surface area contributed by atoms with E-state index in [1.54, 1.807) is 0 Å². The van der Waals surface area contributed by atoms with E-state index in [0.29, 0.717) is 6.61 Å². The van der Waals surface area contributed by atoms with E-state index >= 15 is 0 Å². The third-order valence-corrected chi connectivity index (χ3v) is 2.69. The molecular formula is C9H18O. The number of rotatable bonds is 1. The Morgan fingerprint density at radius 1 is 1.10 bits per heavy atom. The summed E-state index contributed by atoms with van der Waals surface area (Å²) in [4.78, 5) is 0. The van der Waals surface area contributed by atoms with Gasteiger partial charge in [-0.1, -0.05) is 32.6 Å². The maximum atomic E-state index is 9.08. The van der Waals surface area contributed by atoms with Crippen LogP contribution < -0.4 is 0 Å². The van der Waals surface area contributed by atoms with Crippen molar-refractivity contribution >= 4 is 0 Å². The second-order valence-electron chi connectivity index (χ2n) is 3.88. The number of aliphatic hydroxyl groups is 1. The first kappa shape index (κ1) is 8.06. The summed E-state index contributed by atoms with van der Waals surface area (Å²) in [6, 6.07) is 0. The van der Waals surface area contributed by atoms with Gasteiger partial charge in [0.25, 0.3) is 0 Å². The van der Waals surface area contributed by atoms with Gasteiger partial charge >= 0.3 is 0 Å². The third kappa shape index (κ3) is 1.98. The van der Waals surface area contributed by atoms with Crippen molar-refractivity contribution in [1.82, 2.24) is 0 Å². The van der Waals surface area contributed by atoms with Crippen LogP contribution in [-0.4, -0.2) is 11.7 Å². The third-order valence-electron chi connectivity index (χ3n) is 2.69. The molecule has 1 rings (SSSR count). The molecule has 0 heterocycles. The Kier molecular flexibility index (Phi) is 2.72. The fourth-order valence-electron chi connectivity index (χ4n) is 1.74. The van der Waals surface area contributed by atoms with E-state index in [9.17, 15) is 0 Å². The SMILES string of the molecule is CC1(CO)CCCCCC1. The number of hydrogen-bond donors (Lipinski definition) is 1. The molecule has 0 bridgehead atoms. The monoisotopic (exact) mass is 142 g/mol. The molecule has 60 valence electrons. The lowest BCUT2D eigenvalue weighted by Gasteiger charge is -2.24. The van der Waals surface area contributed by atoms with E-state index in [1.165, 1.54) is 38.5 Å². The second-order valence-corrected chi connectivity index (χ2v) is 3.88. The Hall–Kier alpha value is -0.0400. The van der Waals surface area contributed by atoms with Gasteiger partial charge in [0.05, 0.1) is 0 Å². The van der Waals surface area contributed by atoms with Crippen molar-refractivity contribution in [3.8, 4) is 0 Å². The molecule has 0 amide bonds. The first-order valence-electron chi connectivity index (χ1n) is 4.38. The van der Waals surface area contributed by atoms with Gasteiger partial charge in [0.15, 0.2) is 0 Å². The average Bonchev–Trinajstić information content (AvgIpc) is 2.15. The van der Waals surface area contributed by atoms with E-state index in [2.05, 4.69) is 6.92 Å². The standard InChI is InChI=1S/C9H18O/c1-9(8-10)6-4-2-3-5-7-9/h10H,2-8H2,1H3. The first-order valence-corrected chi connectivity index (χ1v) is 4.38. The van der Waals surface area contributed by atoms with Crippen molar-refractivity contribution in [3.05, 3.63) is 0 Å². The maximum absolute atomic E-state index is 9.08. The summed E-state index contributed by atoms with van der Waals surface area (Å²) in [5.41, 5.74) is 0.260. The molecule has 0 radical (unpaired) electrons. The minimum Gasteiger partial charge on any atom is -0.396 e. The van der Waals surface area contributed by atoms with Crippen LogP contribution in [0.4, 0.5) is 0 Å². The largest absolute Gasteiger partial charge is 0.396 e. The summed E-state index contributed by atoms with van der Waals surface area (Å²) in [5, 5.41) is 9.08. The van der Waals surface area contributed by atoms with Gasteiger partial charge in [-0.2, -0.15) is 0 Å². The van der Waals surface area contributed by atoms with Crippen molar-refractivity contribution < 1.29 is 5.11 Å². The van der Waals surface area contributed by atoms with Gasteiger partial charge in [0.1, 0.15) is 0 Å². The van der Waals surface area contributed by atoms with Gasteiger partial charge in [0.2, 0.25) is 0 Å². The summed E-state index contributed by atoms with van der Waals surface area (Å²) < 4.78 is 0. The lowest BCUT2D eigenvalue weighted by molar-refractivity contribution is 0.125. The Morgan fingerprint density at radius 2 is 1.60 bits per heavy atom. The molecule has 0 saturated heterocycles. The molecular weight excluding hydrogens is 124 g/mol. The lowest BCUT2D eigenvalue weighted by atomic mass is 9.84. The van der Waals surface area contributed by atoms with Crippen molar-refractivity contribution in [2.75, 3.05) is 6.61 Å². The molecule has 0 aromatic rings. The molecule has 0 aliphatic heterocycles. The molecule has 1 aliphatic carbocycles. The molecule has 0 aromatic carbocycles. The van der Waals surface area contributed by atoms with Crippen LogP contribution in [0.2, 0.25) is 0 Å². The fraction of sp³-hybridized carbons (Fsp3) is 1.00. The van der Waals surface area contributed by atoms with Crippen molar-refractivity contribution in [2.45, 2.75) is 45.4 Å². The Balaban J connectivity index is 2.41. The predicted octanol–water partition coefficient (Wildman–Crippen LogP) is 2.34. The summed E-state index contributed by atoms with van der Waals surface area (Å²) in [7, 11) is 0. The van der Waals surface area contributed by atoms with Gasteiger partial charge in [-0.05, 0) is 18.3 Å². The van der Waals surface area contributed by atoms with Crippen LogP contribution in [0, 0.1) is 5.41 Å². The highest BCUT2D eigenvalue weighted by molar-refractivity contribution is 4.75. The summed E-state index contributed by atoms with van der Waals surface area (Å²) in [6.07, 6.45) is 7.83. The zero-order chi connectivity index (χ0) is 7.45. The van der Waals surface area contributed by atoms with Gasteiger partial charge in [-0.3, -0.25) is 0 Å². The fourth-order valence-corrected chi connectivity index (χ4v) is 1.74. The van der Waals surface area contributed by atoms with Crippen LogP contribution in [0.5, 0.6) is 0 Å². The van der Waals surface area contributed by atoms with E-state index in [0.717, 1.165) is 0 Å². The van der Waals surface area contributed by atoms with Crippen molar-refractivity contribution in [2.24, 2.45) is 5.41 Å². The maximum Gasteiger partial charge on any atom is 0.0484 e. The van der Waals surface area contributed by atoms with E-state index < -0.39 is 0 Å². The van der Waals surface area contributed by atoms with Gasteiger partial charge < -0.3 is 5.11 Å². The van der Waals surface area contributed by atoms with Crippen LogP contribution in [0.1, 0.15) is 45.4 Å². The lowest BCUT2D eigenvalue weighted by Crippen LogP contribution is -2.19. The van der Waals surface area contributed by atoms with Gasteiger partial charge in [0, 0.05) is 6.61 Å². The minimum absolute atomic E-state index is 0.260. The van der Waals surface area contributed by atoms with Crippen molar-refractivity contribution in [3.63, 3.8) is 0 Å². The quantitative estimate of drug-likeness (QED) is 0.557. The second kappa shape index (κ2) is 3.38. The molecule has 1 N–H and O–H groups in total. The Bertz CT molecular complexity index is 90.9. The topological polar surface area (TPSA) is 20.2 Å². The molecule has 1 heteroatoms. The number of aliphatic hydroxyl groups excluding tert-OH is 1. The summed E-state index contributed by atoms with van der Waals surface area (Å²) in [5.74, 6) is 0. The molecule has 0 spiro atoms. The average molecular weight is 142 g/mol. The first-order chi connectivity index (χ1) is 4.77. The Labute approximate surface area is 63.4 Å². The van der Waals surface area contributed by atoms with Gasteiger partial charge in [-0.15, -0.1) is 0 Å². The Morgan fingerprint density at radius 3 is 2.00 bits per heavy atom.